The van der Waals surface area contributed by atoms with Crippen molar-refractivity contribution in [3.05, 3.63) is 34.3 Å². The molecule has 5 unspecified atom stereocenters. The van der Waals surface area contributed by atoms with Crippen molar-refractivity contribution in [1.29, 1.82) is 0 Å². The standard InChI is InChI=1S/C17H24BrNO/c18-15-5-3-12(4-6-15)16(10-19)17(20)9-14-8-11-1-2-13(14)7-11/h3-6,11,13-14,16-17,20H,1-2,7-10,19H2. The van der Waals surface area contributed by atoms with Gasteiger partial charge in [-0.3, -0.25) is 0 Å². The number of nitrogens with two attached hydrogens (primary N) is 1. The molecule has 5 atom stereocenters. The van der Waals surface area contributed by atoms with Gasteiger partial charge >= 0.3 is 0 Å². The summed E-state index contributed by atoms with van der Waals surface area (Å²) in [5.41, 5.74) is 7.08. The molecular formula is C17H24BrNO. The van der Waals surface area contributed by atoms with Gasteiger partial charge in [-0.05, 0) is 61.1 Å². The third kappa shape index (κ3) is 2.95. The number of aliphatic hydroxyl groups is 1. The summed E-state index contributed by atoms with van der Waals surface area (Å²) in [7, 11) is 0. The second-order valence-electron chi connectivity index (χ2n) is 6.63. The van der Waals surface area contributed by atoms with Gasteiger partial charge in [0.15, 0.2) is 0 Å². The van der Waals surface area contributed by atoms with Crippen molar-refractivity contribution in [1.82, 2.24) is 0 Å². The van der Waals surface area contributed by atoms with Crippen LogP contribution < -0.4 is 5.73 Å². The fourth-order valence-electron chi connectivity index (χ4n) is 4.36. The molecule has 2 saturated carbocycles. The lowest BCUT2D eigenvalue weighted by molar-refractivity contribution is 0.101. The molecule has 0 aromatic heterocycles. The largest absolute Gasteiger partial charge is 0.392 e. The van der Waals surface area contributed by atoms with Crippen LogP contribution in [0.4, 0.5) is 0 Å². The van der Waals surface area contributed by atoms with Crippen molar-refractivity contribution < 1.29 is 5.11 Å². The van der Waals surface area contributed by atoms with Gasteiger partial charge in [0.2, 0.25) is 0 Å². The van der Waals surface area contributed by atoms with E-state index in [1.54, 1.807) is 0 Å². The van der Waals surface area contributed by atoms with Gasteiger partial charge in [-0.25, -0.2) is 0 Å². The first-order valence-corrected chi connectivity index (χ1v) is 8.60. The van der Waals surface area contributed by atoms with E-state index < -0.39 is 0 Å². The molecule has 3 rings (SSSR count). The van der Waals surface area contributed by atoms with Crippen LogP contribution in [-0.2, 0) is 0 Å². The Kier molecular flexibility index (Phi) is 4.49. The molecule has 0 saturated heterocycles. The Morgan fingerprint density at radius 2 is 1.95 bits per heavy atom. The molecule has 1 aromatic carbocycles. The van der Waals surface area contributed by atoms with Crippen molar-refractivity contribution in [3.63, 3.8) is 0 Å². The Balaban J connectivity index is 1.65. The molecule has 2 bridgehead atoms. The number of fused-ring (bicyclic) bond motifs is 2. The number of aliphatic hydroxyl groups excluding tert-OH is 1. The summed E-state index contributed by atoms with van der Waals surface area (Å²) >= 11 is 3.45. The maximum atomic E-state index is 10.6. The smallest absolute Gasteiger partial charge is 0.0623 e. The van der Waals surface area contributed by atoms with E-state index in [1.807, 2.05) is 12.1 Å². The van der Waals surface area contributed by atoms with Gasteiger partial charge in [0.1, 0.15) is 0 Å². The van der Waals surface area contributed by atoms with E-state index in [0.29, 0.717) is 6.54 Å². The molecule has 0 amide bonds. The normalized spacial score (nSPS) is 31.4. The molecular weight excluding hydrogens is 314 g/mol. The molecule has 3 N–H and O–H groups in total. The van der Waals surface area contributed by atoms with Crippen LogP contribution in [0.5, 0.6) is 0 Å². The summed E-state index contributed by atoms with van der Waals surface area (Å²) in [4.78, 5) is 0. The van der Waals surface area contributed by atoms with Crippen molar-refractivity contribution in [2.24, 2.45) is 23.5 Å². The van der Waals surface area contributed by atoms with Crippen LogP contribution in [0.25, 0.3) is 0 Å². The second kappa shape index (κ2) is 6.17. The zero-order valence-corrected chi connectivity index (χ0v) is 13.4. The maximum Gasteiger partial charge on any atom is 0.0623 e. The number of halogens is 1. The number of rotatable bonds is 5. The Morgan fingerprint density at radius 1 is 1.20 bits per heavy atom. The molecule has 0 heterocycles. The van der Waals surface area contributed by atoms with Crippen molar-refractivity contribution in [3.8, 4) is 0 Å². The zero-order chi connectivity index (χ0) is 14.1. The minimum absolute atomic E-state index is 0.0715. The van der Waals surface area contributed by atoms with E-state index in [1.165, 1.54) is 25.7 Å². The summed E-state index contributed by atoms with van der Waals surface area (Å²) in [6.07, 6.45) is 6.17. The third-order valence-electron chi connectivity index (χ3n) is 5.45. The van der Waals surface area contributed by atoms with Gasteiger partial charge in [-0.2, -0.15) is 0 Å². The van der Waals surface area contributed by atoms with E-state index in [2.05, 4.69) is 28.1 Å². The van der Waals surface area contributed by atoms with Crippen LogP contribution in [0.1, 0.15) is 43.6 Å². The highest BCUT2D eigenvalue weighted by atomic mass is 79.9. The van der Waals surface area contributed by atoms with E-state index in [9.17, 15) is 5.11 Å². The lowest BCUT2D eigenvalue weighted by Gasteiger charge is -2.28. The van der Waals surface area contributed by atoms with Gasteiger partial charge in [0.05, 0.1) is 6.10 Å². The van der Waals surface area contributed by atoms with Crippen LogP contribution in [0.15, 0.2) is 28.7 Å². The molecule has 0 spiro atoms. The van der Waals surface area contributed by atoms with Crippen LogP contribution in [0.3, 0.4) is 0 Å². The first-order chi connectivity index (χ1) is 9.67. The van der Waals surface area contributed by atoms with E-state index in [-0.39, 0.29) is 12.0 Å². The molecule has 2 aliphatic carbocycles. The van der Waals surface area contributed by atoms with Gasteiger partial charge in [-0.15, -0.1) is 0 Å². The molecule has 2 aliphatic rings. The number of hydrogen-bond acceptors (Lipinski definition) is 2. The lowest BCUT2D eigenvalue weighted by atomic mass is 9.81. The fraction of sp³-hybridized carbons (Fsp3) is 0.647. The van der Waals surface area contributed by atoms with E-state index in [0.717, 1.165) is 34.2 Å². The molecule has 2 nitrogen and oxygen atoms in total. The summed E-state index contributed by atoms with van der Waals surface area (Å²) in [5, 5.41) is 10.6. The monoisotopic (exact) mass is 337 g/mol. The minimum atomic E-state index is -0.300. The fourth-order valence-corrected chi connectivity index (χ4v) is 4.63. The first-order valence-electron chi connectivity index (χ1n) is 7.81. The predicted octanol–water partition coefficient (Wildman–Crippen LogP) is 3.68. The van der Waals surface area contributed by atoms with Gasteiger partial charge in [0, 0.05) is 16.9 Å². The lowest BCUT2D eigenvalue weighted by Crippen LogP contribution is -2.29. The average Bonchev–Trinajstić information content (AvgIpc) is 3.04. The van der Waals surface area contributed by atoms with Crippen molar-refractivity contribution in [2.45, 2.75) is 44.1 Å². The molecule has 1 aromatic rings. The molecule has 2 fully saturated rings. The Morgan fingerprint density at radius 3 is 2.50 bits per heavy atom. The Bertz CT molecular complexity index is 447. The SMILES string of the molecule is NCC(c1ccc(Br)cc1)C(O)CC1CC2CCC1C2. The van der Waals surface area contributed by atoms with Gasteiger partial charge in [0.25, 0.3) is 0 Å². The summed E-state index contributed by atoms with van der Waals surface area (Å²) in [6.45, 7) is 0.517. The summed E-state index contributed by atoms with van der Waals surface area (Å²) < 4.78 is 1.07. The predicted molar refractivity (Wildman–Crippen MR) is 85.5 cm³/mol. The first kappa shape index (κ1) is 14.6. The second-order valence-corrected chi connectivity index (χ2v) is 7.55. The van der Waals surface area contributed by atoms with E-state index in [4.69, 9.17) is 5.73 Å². The number of hydrogen-bond donors (Lipinski definition) is 2. The Labute approximate surface area is 129 Å². The van der Waals surface area contributed by atoms with Gasteiger partial charge in [-0.1, -0.05) is 34.5 Å². The topological polar surface area (TPSA) is 46.2 Å². The van der Waals surface area contributed by atoms with Crippen LogP contribution in [0.2, 0.25) is 0 Å². The van der Waals surface area contributed by atoms with E-state index >= 15 is 0 Å². The molecule has 110 valence electrons. The van der Waals surface area contributed by atoms with Crippen LogP contribution in [-0.4, -0.2) is 17.8 Å². The number of benzene rings is 1. The molecule has 0 radical (unpaired) electrons. The van der Waals surface area contributed by atoms with Crippen molar-refractivity contribution >= 4 is 15.9 Å². The van der Waals surface area contributed by atoms with Crippen LogP contribution in [0, 0.1) is 17.8 Å². The minimum Gasteiger partial charge on any atom is -0.392 e. The summed E-state index contributed by atoms with van der Waals surface area (Å²) in [6, 6.07) is 8.21. The van der Waals surface area contributed by atoms with Crippen molar-refractivity contribution in [2.75, 3.05) is 6.54 Å². The highest BCUT2D eigenvalue weighted by Crippen LogP contribution is 2.50. The molecule has 20 heavy (non-hydrogen) atoms. The van der Waals surface area contributed by atoms with Gasteiger partial charge < -0.3 is 10.8 Å². The average molecular weight is 338 g/mol. The maximum absolute atomic E-state index is 10.6. The Hall–Kier alpha value is -0.380. The molecule has 0 aliphatic heterocycles. The highest BCUT2D eigenvalue weighted by molar-refractivity contribution is 9.10. The third-order valence-corrected chi connectivity index (χ3v) is 5.97. The highest BCUT2D eigenvalue weighted by Gasteiger charge is 2.40. The van der Waals surface area contributed by atoms with Crippen LogP contribution >= 0.6 is 15.9 Å². The quantitative estimate of drug-likeness (QED) is 0.860. The molecule has 3 heteroatoms. The zero-order valence-electron chi connectivity index (χ0n) is 11.8. The summed E-state index contributed by atoms with van der Waals surface area (Å²) in [5.74, 6) is 2.62.